The largest absolute Gasteiger partial charge is 0.310 e. The Bertz CT molecular complexity index is 3090. The second-order valence-electron chi connectivity index (χ2n) is 14.9. The Morgan fingerprint density at radius 3 is 2.02 bits per heavy atom. The van der Waals surface area contributed by atoms with Crippen LogP contribution in [0.3, 0.4) is 0 Å². The van der Waals surface area contributed by atoms with Gasteiger partial charge < -0.3 is 4.90 Å². The van der Waals surface area contributed by atoms with Gasteiger partial charge in [0.2, 0.25) is 0 Å². The molecule has 0 aliphatic heterocycles. The monoisotopic (exact) mass is 693 g/mol. The van der Waals surface area contributed by atoms with Gasteiger partial charge in [-0.05, 0) is 97.4 Å². The van der Waals surface area contributed by atoms with E-state index in [1.54, 1.807) is 0 Å². The zero-order chi connectivity index (χ0) is 35.3. The van der Waals surface area contributed by atoms with Gasteiger partial charge in [0, 0.05) is 47.7 Å². The van der Waals surface area contributed by atoms with Crippen molar-refractivity contribution in [3.63, 3.8) is 0 Å². The van der Waals surface area contributed by atoms with E-state index in [2.05, 4.69) is 195 Å². The van der Waals surface area contributed by atoms with Crippen molar-refractivity contribution in [1.82, 2.24) is 0 Å². The molecule has 9 aromatic carbocycles. The predicted molar refractivity (Wildman–Crippen MR) is 230 cm³/mol. The average Bonchev–Trinajstić information content (AvgIpc) is 3.70. The van der Waals surface area contributed by atoms with Crippen LogP contribution in [0.4, 0.5) is 17.1 Å². The molecule has 1 nitrogen and oxygen atoms in total. The van der Waals surface area contributed by atoms with Gasteiger partial charge in [-0.15, -0.1) is 11.3 Å². The number of thiophene rings is 1. The Balaban J connectivity index is 1.03. The molecule has 10 aromatic rings. The Labute approximate surface area is 313 Å². The Hall–Kier alpha value is -6.22. The van der Waals surface area contributed by atoms with E-state index in [0.717, 1.165) is 5.69 Å². The Kier molecular flexibility index (Phi) is 6.53. The van der Waals surface area contributed by atoms with Crippen molar-refractivity contribution >= 4 is 80.9 Å². The molecule has 0 saturated carbocycles. The third-order valence-electron chi connectivity index (χ3n) is 11.6. The molecule has 0 N–H and O–H groups in total. The van der Waals surface area contributed by atoms with E-state index in [4.69, 9.17) is 0 Å². The van der Waals surface area contributed by atoms with Crippen LogP contribution in [0.15, 0.2) is 176 Å². The lowest BCUT2D eigenvalue weighted by atomic mass is 9.82. The number of nitrogens with zero attached hydrogens (tertiary/aromatic N) is 1. The van der Waals surface area contributed by atoms with E-state index in [9.17, 15) is 0 Å². The molecule has 1 heterocycles. The highest BCUT2D eigenvalue weighted by molar-refractivity contribution is 7.26. The number of rotatable bonds is 4. The van der Waals surface area contributed by atoms with Gasteiger partial charge in [-0.1, -0.05) is 147 Å². The van der Waals surface area contributed by atoms with E-state index in [0.29, 0.717) is 0 Å². The summed E-state index contributed by atoms with van der Waals surface area (Å²) in [6.07, 6.45) is 0. The smallest absolute Gasteiger partial charge is 0.0540 e. The van der Waals surface area contributed by atoms with Gasteiger partial charge in [-0.2, -0.15) is 0 Å². The molecule has 2 heteroatoms. The molecule has 0 saturated heterocycles. The number of anilines is 3. The van der Waals surface area contributed by atoms with Gasteiger partial charge in [-0.3, -0.25) is 0 Å². The highest BCUT2D eigenvalue weighted by atomic mass is 32.1. The van der Waals surface area contributed by atoms with Crippen LogP contribution in [-0.4, -0.2) is 0 Å². The summed E-state index contributed by atoms with van der Waals surface area (Å²) in [6.45, 7) is 4.71. The van der Waals surface area contributed by atoms with Gasteiger partial charge in [0.05, 0.1) is 5.69 Å². The van der Waals surface area contributed by atoms with Crippen molar-refractivity contribution < 1.29 is 0 Å². The average molecular weight is 694 g/mol. The minimum Gasteiger partial charge on any atom is -0.310 e. The van der Waals surface area contributed by atoms with Gasteiger partial charge in [0.25, 0.3) is 0 Å². The zero-order valence-corrected chi connectivity index (χ0v) is 30.4. The molecule has 250 valence electrons. The SMILES string of the molecule is CC1(C)c2ccccc2-c2ccc(N(c3ccc(-c4ccc5c(ccc6ccc7c8ccccc8sc7c65)c4)cc3)c3cccc4ccccc34)cc21. The fourth-order valence-corrected chi connectivity index (χ4v) is 10.2. The van der Waals surface area contributed by atoms with E-state index in [1.807, 2.05) is 11.3 Å². The quantitative estimate of drug-likeness (QED) is 0.166. The van der Waals surface area contributed by atoms with Crippen molar-refractivity contribution in [1.29, 1.82) is 0 Å². The summed E-state index contributed by atoms with van der Waals surface area (Å²) in [7, 11) is 0. The van der Waals surface area contributed by atoms with Gasteiger partial charge in [0.15, 0.2) is 0 Å². The maximum absolute atomic E-state index is 2.44. The highest BCUT2D eigenvalue weighted by Gasteiger charge is 2.35. The van der Waals surface area contributed by atoms with E-state index in [-0.39, 0.29) is 5.41 Å². The molecule has 0 unspecified atom stereocenters. The first kappa shape index (κ1) is 30.4. The molecule has 0 amide bonds. The maximum Gasteiger partial charge on any atom is 0.0540 e. The van der Waals surface area contributed by atoms with Crippen LogP contribution in [0.25, 0.3) is 74.7 Å². The molecule has 1 aromatic heterocycles. The second kappa shape index (κ2) is 11.4. The fraction of sp³-hybridized carbons (Fsp3) is 0.0588. The van der Waals surface area contributed by atoms with Crippen molar-refractivity contribution in [3.8, 4) is 22.3 Å². The maximum atomic E-state index is 2.44. The highest BCUT2D eigenvalue weighted by Crippen LogP contribution is 2.51. The van der Waals surface area contributed by atoms with Crippen LogP contribution in [0.5, 0.6) is 0 Å². The van der Waals surface area contributed by atoms with E-state index >= 15 is 0 Å². The standard InChI is InChI=1S/C51H35NS/c1-51(2)45-15-7-5-13-41(45)42-29-26-38(31-46(42)51)52(47-16-9-11-33-10-3-4-12-39(33)47)37-24-20-32(21-25-37)35-23-27-40-36(30-35)19-18-34-22-28-44-43-14-6-8-17-48(43)53-50(44)49(34)40/h3-31H,1-2H3. The number of fused-ring (bicyclic) bond motifs is 11. The summed E-state index contributed by atoms with van der Waals surface area (Å²) in [5.41, 5.74) is 11.3. The van der Waals surface area contributed by atoms with E-state index < -0.39 is 0 Å². The lowest BCUT2D eigenvalue weighted by molar-refractivity contribution is 0.660. The lowest BCUT2D eigenvalue weighted by Gasteiger charge is -2.29. The number of benzene rings is 9. The normalized spacial score (nSPS) is 13.2. The number of hydrogen-bond acceptors (Lipinski definition) is 2. The molecular formula is C51H35NS. The van der Waals surface area contributed by atoms with Gasteiger partial charge >= 0.3 is 0 Å². The van der Waals surface area contributed by atoms with Crippen molar-refractivity contribution in [2.75, 3.05) is 4.90 Å². The fourth-order valence-electron chi connectivity index (χ4n) is 8.97. The molecule has 1 aliphatic rings. The molecule has 0 atom stereocenters. The summed E-state index contributed by atoms with van der Waals surface area (Å²) in [4.78, 5) is 2.44. The first-order valence-corrected chi connectivity index (χ1v) is 19.2. The summed E-state index contributed by atoms with van der Waals surface area (Å²) in [6, 6.07) is 65.3. The molecule has 11 rings (SSSR count). The van der Waals surface area contributed by atoms with Gasteiger partial charge in [0.1, 0.15) is 0 Å². The summed E-state index contributed by atoms with van der Waals surface area (Å²) >= 11 is 1.91. The molecule has 0 fully saturated rings. The van der Waals surface area contributed by atoms with Crippen LogP contribution in [-0.2, 0) is 5.41 Å². The van der Waals surface area contributed by atoms with Crippen LogP contribution < -0.4 is 4.90 Å². The lowest BCUT2D eigenvalue weighted by Crippen LogP contribution is -2.16. The molecule has 0 radical (unpaired) electrons. The van der Waals surface area contributed by atoms with Crippen LogP contribution in [0, 0.1) is 0 Å². The van der Waals surface area contributed by atoms with Crippen LogP contribution in [0.1, 0.15) is 25.0 Å². The van der Waals surface area contributed by atoms with Crippen molar-refractivity contribution in [2.24, 2.45) is 0 Å². The Morgan fingerprint density at radius 1 is 0.434 bits per heavy atom. The topological polar surface area (TPSA) is 3.24 Å². The minimum absolute atomic E-state index is 0.0830. The molecule has 0 spiro atoms. The summed E-state index contributed by atoms with van der Waals surface area (Å²) in [5, 5.41) is 10.4. The summed E-state index contributed by atoms with van der Waals surface area (Å²) < 4.78 is 2.72. The van der Waals surface area contributed by atoms with Gasteiger partial charge in [-0.25, -0.2) is 0 Å². The van der Waals surface area contributed by atoms with E-state index in [1.165, 1.54) is 97.2 Å². The van der Waals surface area contributed by atoms with Crippen LogP contribution in [0.2, 0.25) is 0 Å². The molecule has 1 aliphatic carbocycles. The molecule has 53 heavy (non-hydrogen) atoms. The third-order valence-corrected chi connectivity index (χ3v) is 12.8. The first-order valence-electron chi connectivity index (χ1n) is 18.4. The van der Waals surface area contributed by atoms with Crippen molar-refractivity contribution in [3.05, 3.63) is 187 Å². The second-order valence-corrected chi connectivity index (χ2v) is 16.0. The molecule has 0 bridgehead atoms. The Morgan fingerprint density at radius 2 is 1.11 bits per heavy atom. The first-order chi connectivity index (χ1) is 26.0. The zero-order valence-electron chi connectivity index (χ0n) is 29.6. The number of hydrogen-bond donors (Lipinski definition) is 0. The minimum atomic E-state index is -0.0830. The van der Waals surface area contributed by atoms with Crippen LogP contribution >= 0.6 is 11.3 Å². The summed E-state index contributed by atoms with van der Waals surface area (Å²) in [5.74, 6) is 0. The van der Waals surface area contributed by atoms with Crippen molar-refractivity contribution in [2.45, 2.75) is 19.3 Å². The predicted octanol–water partition coefficient (Wildman–Crippen LogP) is 15.0. The third kappa shape index (κ3) is 4.56. The molecular weight excluding hydrogens is 659 g/mol.